The summed E-state index contributed by atoms with van der Waals surface area (Å²) in [6.07, 6.45) is 9.82. The van der Waals surface area contributed by atoms with Crippen molar-refractivity contribution < 1.29 is 4.39 Å². The Labute approximate surface area is 146 Å². The van der Waals surface area contributed by atoms with Crippen LogP contribution in [-0.4, -0.2) is 18.9 Å². The Balaban J connectivity index is 1.55. The van der Waals surface area contributed by atoms with E-state index >= 15 is 0 Å². The van der Waals surface area contributed by atoms with Gasteiger partial charge in [-0.2, -0.15) is 0 Å². The van der Waals surface area contributed by atoms with Crippen LogP contribution in [0.5, 0.6) is 0 Å². The van der Waals surface area contributed by atoms with Gasteiger partial charge in [-0.1, -0.05) is 6.07 Å². The van der Waals surface area contributed by atoms with Gasteiger partial charge in [0.1, 0.15) is 16.1 Å². The van der Waals surface area contributed by atoms with Gasteiger partial charge in [-0.05, 0) is 52.4 Å². The van der Waals surface area contributed by atoms with E-state index in [1.54, 1.807) is 6.20 Å². The molecule has 24 heavy (non-hydrogen) atoms. The molecule has 4 nitrogen and oxygen atoms in total. The lowest BCUT2D eigenvalue weighted by atomic mass is 10.2. The molecule has 4 heterocycles. The zero-order valence-electron chi connectivity index (χ0n) is 12.8. The standard InChI is InChI=1S/C18H14BrFN4/c19-17-5-16-14(6-21-17)15(20)10-23(16)8-13-9-24-7-12(11-1-2-11)3-4-18(24)22-13/h3-7,9-11H,1-2,8H2. The van der Waals surface area contributed by atoms with Crippen LogP contribution in [0.25, 0.3) is 16.6 Å². The summed E-state index contributed by atoms with van der Waals surface area (Å²) in [5.74, 6) is 0.456. The summed E-state index contributed by atoms with van der Waals surface area (Å²) in [6, 6.07) is 6.06. The van der Waals surface area contributed by atoms with Crippen molar-refractivity contribution in [1.82, 2.24) is 18.9 Å². The van der Waals surface area contributed by atoms with E-state index in [-0.39, 0.29) is 5.82 Å². The monoisotopic (exact) mass is 384 g/mol. The van der Waals surface area contributed by atoms with Gasteiger partial charge in [0, 0.05) is 24.8 Å². The van der Waals surface area contributed by atoms with Crippen LogP contribution >= 0.6 is 15.9 Å². The van der Waals surface area contributed by atoms with Crippen LogP contribution in [0.15, 0.2) is 47.6 Å². The Hall–Kier alpha value is -2.21. The van der Waals surface area contributed by atoms with Crippen LogP contribution in [0.4, 0.5) is 4.39 Å². The molecule has 1 aliphatic rings. The Morgan fingerprint density at radius 3 is 2.92 bits per heavy atom. The lowest BCUT2D eigenvalue weighted by Crippen LogP contribution is -1.98. The number of hydrogen-bond donors (Lipinski definition) is 0. The van der Waals surface area contributed by atoms with E-state index in [1.807, 2.05) is 16.8 Å². The average Bonchev–Trinajstić information content (AvgIpc) is 3.27. The minimum atomic E-state index is -0.259. The topological polar surface area (TPSA) is 35.1 Å². The minimum absolute atomic E-state index is 0.259. The van der Waals surface area contributed by atoms with Crippen LogP contribution in [0.2, 0.25) is 0 Å². The molecule has 0 bridgehead atoms. The highest BCUT2D eigenvalue weighted by Gasteiger charge is 2.23. The number of rotatable bonds is 3. The molecule has 0 aliphatic heterocycles. The molecule has 4 aromatic heterocycles. The lowest BCUT2D eigenvalue weighted by Gasteiger charge is -2.02. The highest BCUT2D eigenvalue weighted by atomic mass is 79.9. The molecule has 1 fully saturated rings. The van der Waals surface area contributed by atoms with Crippen LogP contribution < -0.4 is 0 Å². The fourth-order valence-electron chi connectivity index (χ4n) is 3.22. The van der Waals surface area contributed by atoms with E-state index in [0.29, 0.717) is 22.5 Å². The normalized spacial score (nSPS) is 14.8. The third-order valence-corrected chi connectivity index (χ3v) is 5.02. The van der Waals surface area contributed by atoms with Crippen molar-refractivity contribution in [2.45, 2.75) is 25.3 Å². The molecule has 1 aliphatic carbocycles. The first-order valence-electron chi connectivity index (χ1n) is 7.95. The first kappa shape index (κ1) is 14.2. The van der Waals surface area contributed by atoms with Gasteiger partial charge in [-0.15, -0.1) is 0 Å². The molecule has 0 atom stereocenters. The summed E-state index contributed by atoms with van der Waals surface area (Å²) in [6.45, 7) is 0.525. The zero-order valence-corrected chi connectivity index (χ0v) is 14.4. The van der Waals surface area contributed by atoms with E-state index < -0.39 is 0 Å². The number of hydrogen-bond acceptors (Lipinski definition) is 2. The summed E-state index contributed by atoms with van der Waals surface area (Å²) < 4.78 is 18.7. The van der Waals surface area contributed by atoms with Gasteiger partial charge in [-0.25, -0.2) is 14.4 Å². The van der Waals surface area contributed by atoms with Gasteiger partial charge in [0.15, 0.2) is 0 Å². The van der Waals surface area contributed by atoms with Gasteiger partial charge < -0.3 is 8.97 Å². The fraction of sp³-hybridized carbons (Fsp3) is 0.222. The predicted octanol–water partition coefficient (Wildman–Crippen LogP) is 4.51. The third-order valence-electron chi connectivity index (χ3n) is 4.59. The highest BCUT2D eigenvalue weighted by Crippen LogP contribution is 2.39. The molecule has 1 saturated carbocycles. The van der Waals surface area contributed by atoms with Gasteiger partial charge >= 0.3 is 0 Å². The Morgan fingerprint density at radius 2 is 2.08 bits per heavy atom. The second-order valence-corrected chi connectivity index (χ2v) is 7.18. The Kier molecular flexibility index (Phi) is 3.03. The number of aromatic nitrogens is 4. The summed E-state index contributed by atoms with van der Waals surface area (Å²) in [5.41, 5.74) is 4.02. The zero-order chi connectivity index (χ0) is 16.3. The molecule has 6 heteroatoms. The second kappa shape index (κ2) is 5.14. The van der Waals surface area contributed by atoms with Gasteiger partial charge in [0.05, 0.1) is 23.1 Å². The van der Waals surface area contributed by atoms with Crippen molar-refractivity contribution in [1.29, 1.82) is 0 Å². The summed E-state index contributed by atoms with van der Waals surface area (Å²) in [7, 11) is 0. The maximum Gasteiger partial charge on any atom is 0.150 e. The van der Waals surface area contributed by atoms with Crippen molar-refractivity contribution in [3.8, 4) is 0 Å². The van der Waals surface area contributed by atoms with Gasteiger partial charge in [0.2, 0.25) is 0 Å². The molecule has 5 rings (SSSR count). The quantitative estimate of drug-likeness (QED) is 0.487. The second-order valence-electron chi connectivity index (χ2n) is 6.36. The number of pyridine rings is 2. The molecule has 0 unspecified atom stereocenters. The van der Waals surface area contributed by atoms with E-state index in [0.717, 1.165) is 16.9 Å². The third kappa shape index (κ3) is 2.33. The van der Waals surface area contributed by atoms with Gasteiger partial charge in [-0.3, -0.25) is 0 Å². The van der Waals surface area contributed by atoms with Crippen molar-refractivity contribution >= 4 is 32.5 Å². The minimum Gasteiger partial charge on any atom is -0.338 e. The molecule has 120 valence electrons. The molecule has 0 amide bonds. The van der Waals surface area contributed by atoms with Crippen molar-refractivity contribution in [2.24, 2.45) is 0 Å². The smallest absolute Gasteiger partial charge is 0.150 e. The first-order chi connectivity index (χ1) is 11.7. The van der Waals surface area contributed by atoms with Crippen molar-refractivity contribution in [2.75, 3.05) is 0 Å². The van der Waals surface area contributed by atoms with Crippen LogP contribution in [0, 0.1) is 5.82 Å². The predicted molar refractivity (Wildman–Crippen MR) is 93.7 cm³/mol. The average molecular weight is 385 g/mol. The molecular formula is C18H14BrFN4. The molecule has 0 saturated heterocycles. The molecule has 0 aromatic carbocycles. The molecule has 0 spiro atoms. The molecule has 4 aromatic rings. The SMILES string of the molecule is Fc1cn(Cc2cn3cc(C4CC4)ccc3n2)c2cc(Br)ncc12. The highest BCUT2D eigenvalue weighted by molar-refractivity contribution is 9.10. The van der Waals surface area contributed by atoms with E-state index in [1.165, 1.54) is 24.6 Å². The lowest BCUT2D eigenvalue weighted by molar-refractivity contribution is 0.628. The Morgan fingerprint density at radius 1 is 1.21 bits per heavy atom. The number of nitrogens with zero attached hydrogens (tertiary/aromatic N) is 4. The van der Waals surface area contributed by atoms with Gasteiger partial charge in [0.25, 0.3) is 0 Å². The maximum atomic E-state index is 14.1. The van der Waals surface area contributed by atoms with E-state index in [9.17, 15) is 4.39 Å². The summed E-state index contributed by atoms with van der Waals surface area (Å²) in [5, 5.41) is 0.526. The number of imidazole rings is 1. The summed E-state index contributed by atoms with van der Waals surface area (Å²) in [4.78, 5) is 8.76. The van der Waals surface area contributed by atoms with Crippen molar-refractivity contribution in [3.05, 3.63) is 64.7 Å². The number of halogens is 2. The van der Waals surface area contributed by atoms with Crippen LogP contribution in [-0.2, 0) is 6.54 Å². The summed E-state index contributed by atoms with van der Waals surface area (Å²) >= 11 is 3.35. The molecular weight excluding hydrogens is 371 g/mol. The van der Waals surface area contributed by atoms with Crippen LogP contribution in [0.3, 0.4) is 0 Å². The number of fused-ring (bicyclic) bond motifs is 2. The maximum absolute atomic E-state index is 14.1. The van der Waals surface area contributed by atoms with Crippen LogP contribution in [0.1, 0.15) is 30.0 Å². The first-order valence-corrected chi connectivity index (χ1v) is 8.74. The largest absolute Gasteiger partial charge is 0.338 e. The molecule has 0 radical (unpaired) electrons. The Bertz CT molecular complexity index is 1080. The fourth-order valence-corrected chi connectivity index (χ4v) is 3.54. The van der Waals surface area contributed by atoms with E-state index in [2.05, 4.69) is 48.6 Å². The van der Waals surface area contributed by atoms with E-state index in [4.69, 9.17) is 0 Å². The van der Waals surface area contributed by atoms with Crippen molar-refractivity contribution in [3.63, 3.8) is 0 Å². The molecule has 0 N–H and O–H groups in total.